The van der Waals surface area contributed by atoms with E-state index in [1.165, 1.54) is 12.1 Å². The molecule has 3 amide bonds. The monoisotopic (exact) mass is 410 g/mol. The Hall–Kier alpha value is -3.68. The van der Waals surface area contributed by atoms with E-state index in [4.69, 9.17) is 4.74 Å². The molecule has 0 atom stereocenters. The first-order valence-corrected chi connectivity index (χ1v) is 9.30. The maximum absolute atomic E-state index is 12.6. The van der Waals surface area contributed by atoms with Crippen LogP contribution in [0.25, 0.3) is 0 Å². The van der Waals surface area contributed by atoms with E-state index in [0.717, 1.165) is 4.90 Å². The van der Waals surface area contributed by atoms with Gasteiger partial charge >= 0.3 is 12.1 Å². The second kappa shape index (κ2) is 7.62. The lowest BCUT2D eigenvalue weighted by atomic mass is 10.0. The molecule has 3 rings (SSSR count). The second-order valence-corrected chi connectivity index (χ2v) is 8.00. The number of carbonyl (C=O) groups excluding carboxylic acids is 3. The van der Waals surface area contributed by atoms with Gasteiger partial charge in [0.25, 0.3) is 11.8 Å². The topological polar surface area (TPSA) is 113 Å². The molecular formula is C22H22N2O6. The summed E-state index contributed by atoms with van der Waals surface area (Å²) in [5, 5.41) is 12.0. The largest absolute Gasteiger partial charge is 0.478 e. The molecule has 8 heteroatoms. The predicted octanol–water partition coefficient (Wildman–Crippen LogP) is 3.84. The lowest BCUT2D eigenvalue weighted by molar-refractivity contribution is 0.0626. The standard InChI is InChI=1S/C22H22N2O6/c1-12-9-17(23-21(29)30-22(2,3)4)16(20(27)28)10-13(12)11-24-18(25)14-7-5-6-8-15(14)19(24)26/h5-10H,11H2,1-4H3,(H,23,29)(H,27,28). The van der Waals surface area contributed by atoms with Crippen molar-refractivity contribution in [3.63, 3.8) is 0 Å². The van der Waals surface area contributed by atoms with Crippen LogP contribution in [0, 0.1) is 6.92 Å². The minimum atomic E-state index is -1.26. The van der Waals surface area contributed by atoms with Gasteiger partial charge in [-0.25, -0.2) is 9.59 Å². The first-order chi connectivity index (χ1) is 14.0. The molecular weight excluding hydrogens is 388 g/mol. The number of benzene rings is 2. The Morgan fingerprint density at radius 1 is 1.07 bits per heavy atom. The van der Waals surface area contributed by atoms with Crippen LogP contribution < -0.4 is 5.32 Å². The number of nitrogens with one attached hydrogen (secondary N) is 1. The quantitative estimate of drug-likeness (QED) is 0.741. The van der Waals surface area contributed by atoms with E-state index in [-0.39, 0.29) is 17.8 Å². The van der Waals surface area contributed by atoms with Crippen molar-refractivity contribution in [2.45, 2.75) is 39.8 Å². The van der Waals surface area contributed by atoms with E-state index in [2.05, 4.69) is 5.32 Å². The number of amides is 3. The molecule has 0 saturated heterocycles. The summed E-state index contributed by atoms with van der Waals surface area (Å²) < 4.78 is 5.18. The van der Waals surface area contributed by atoms with Gasteiger partial charge in [0, 0.05) is 0 Å². The third-order valence-electron chi connectivity index (χ3n) is 4.55. The Labute approximate surface area is 173 Å². The molecule has 2 N–H and O–H groups in total. The number of ether oxygens (including phenoxy) is 1. The minimum absolute atomic E-state index is 0.0698. The first-order valence-electron chi connectivity index (χ1n) is 9.30. The number of carbonyl (C=O) groups is 4. The highest BCUT2D eigenvalue weighted by atomic mass is 16.6. The third kappa shape index (κ3) is 4.17. The molecule has 30 heavy (non-hydrogen) atoms. The lowest BCUT2D eigenvalue weighted by Gasteiger charge is -2.21. The molecule has 8 nitrogen and oxygen atoms in total. The fourth-order valence-corrected chi connectivity index (χ4v) is 3.17. The smallest absolute Gasteiger partial charge is 0.412 e. The molecule has 0 unspecified atom stereocenters. The summed E-state index contributed by atoms with van der Waals surface area (Å²) >= 11 is 0. The van der Waals surface area contributed by atoms with E-state index in [1.807, 2.05) is 0 Å². The average molecular weight is 410 g/mol. The molecule has 1 aliphatic heterocycles. The van der Waals surface area contributed by atoms with Crippen molar-refractivity contribution < 1.29 is 29.0 Å². The Bertz CT molecular complexity index is 1030. The van der Waals surface area contributed by atoms with Crippen LogP contribution in [-0.2, 0) is 11.3 Å². The van der Waals surface area contributed by atoms with E-state index in [0.29, 0.717) is 22.3 Å². The van der Waals surface area contributed by atoms with Crippen molar-refractivity contribution in [2.75, 3.05) is 5.32 Å². The zero-order valence-corrected chi connectivity index (χ0v) is 17.1. The molecule has 0 aromatic heterocycles. The summed E-state index contributed by atoms with van der Waals surface area (Å²) in [6.45, 7) is 6.72. The van der Waals surface area contributed by atoms with Crippen molar-refractivity contribution >= 4 is 29.6 Å². The van der Waals surface area contributed by atoms with Gasteiger partial charge in [0.05, 0.1) is 28.9 Å². The van der Waals surface area contributed by atoms with Crippen LogP contribution in [0.4, 0.5) is 10.5 Å². The van der Waals surface area contributed by atoms with Crippen molar-refractivity contribution in [1.29, 1.82) is 0 Å². The number of nitrogens with zero attached hydrogens (tertiary/aromatic N) is 1. The van der Waals surface area contributed by atoms with Crippen LogP contribution in [0.2, 0.25) is 0 Å². The highest BCUT2D eigenvalue weighted by Gasteiger charge is 2.35. The number of rotatable bonds is 4. The summed E-state index contributed by atoms with van der Waals surface area (Å²) in [5.74, 6) is -2.12. The molecule has 0 aliphatic carbocycles. The Morgan fingerprint density at radius 2 is 1.63 bits per heavy atom. The van der Waals surface area contributed by atoms with E-state index < -0.39 is 29.5 Å². The van der Waals surface area contributed by atoms with Crippen LogP contribution in [0.3, 0.4) is 0 Å². The number of fused-ring (bicyclic) bond motifs is 1. The third-order valence-corrected chi connectivity index (χ3v) is 4.55. The van der Waals surface area contributed by atoms with Gasteiger partial charge < -0.3 is 9.84 Å². The second-order valence-electron chi connectivity index (χ2n) is 8.00. The van der Waals surface area contributed by atoms with Gasteiger partial charge in [0.2, 0.25) is 0 Å². The number of aryl methyl sites for hydroxylation is 1. The van der Waals surface area contributed by atoms with E-state index in [9.17, 15) is 24.3 Å². The van der Waals surface area contributed by atoms with E-state index >= 15 is 0 Å². The summed E-state index contributed by atoms with van der Waals surface area (Å²) in [4.78, 5) is 50.1. The van der Waals surface area contributed by atoms with Crippen LogP contribution in [0.1, 0.15) is 63.0 Å². The average Bonchev–Trinajstić information content (AvgIpc) is 2.87. The van der Waals surface area contributed by atoms with Crippen molar-refractivity contribution in [1.82, 2.24) is 4.90 Å². The van der Waals surface area contributed by atoms with E-state index in [1.54, 1.807) is 52.0 Å². The van der Waals surface area contributed by atoms with Crippen LogP contribution >= 0.6 is 0 Å². The number of carboxylic acids is 1. The number of anilines is 1. The maximum Gasteiger partial charge on any atom is 0.412 e. The number of imide groups is 1. The summed E-state index contributed by atoms with van der Waals surface area (Å²) in [6, 6.07) is 9.36. The Kier molecular flexibility index (Phi) is 5.35. The van der Waals surface area contributed by atoms with Crippen molar-refractivity contribution in [3.05, 3.63) is 64.2 Å². The molecule has 0 radical (unpaired) electrons. The Morgan fingerprint density at radius 3 is 2.13 bits per heavy atom. The van der Waals surface area contributed by atoms with Crippen molar-refractivity contribution in [3.8, 4) is 0 Å². The zero-order valence-electron chi connectivity index (χ0n) is 17.1. The van der Waals surface area contributed by atoms with Gasteiger partial charge in [-0.05, 0) is 63.1 Å². The summed E-state index contributed by atoms with van der Waals surface area (Å²) in [5.41, 5.74) is 0.898. The molecule has 0 saturated carbocycles. The van der Waals surface area contributed by atoms with Crippen LogP contribution in [0.5, 0.6) is 0 Å². The predicted molar refractivity (Wildman–Crippen MR) is 109 cm³/mol. The SMILES string of the molecule is Cc1cc(NC(=O)OC(C)(C)C)c(C(=O)O)cc1CN1C(=O)c2ccccc2C1=O. The normalized spacial score (nSPS) is 13.3. The molecule has 1 heterocycles. The molecule has 156 valence electrons. The zero-order chi connectivity index (χ0) is 22.2. The number of hydrogen-bond acceptors (Lipinski definition) is 5. The summed E-state index contributed by atoms with van der Waals surface area (Å²) in [6.07, 6.45) is -0.780. The van der Waals surface area contributed by atoms with Crippen molar-refractivity contribution in [2.24, 2.45) is 0 Å². The first kappa shape index (κ1) is 21.0. The van der Waals surface area contributed by atoms with Gasteiger partial charge in [0.15, 0.2) is 0 Å². The highest BCUT2D eigenvalue weighted by Crippen LogP contribution is 2.28. The van der Waals surface area contributed by atoms with Gasteiger partial charge in [-0.3, -0.25) is 19.8 Å². The molecule has 0 bridgehead atoms. The number of hydrogen-bond donors (Lipinski definition) is 2. The minimum Gasteiger partial charge on any atom is -0.478 e. The van der Waals surface area contributed by atoms with Gasteiger partial charge in [-0.2, -0.15) is 0 Å². The molecule has 2 aromatic carbocycles. The molecule has 0 spiro atoms. The Balaban J connectivity index is 1.90. The maximum atomic E-state index is 12.6. The summed E-state index contributed by atoms with van der Waals surface area (Å²) in [7, 11) is 0. The lowest BCUT2D eigenvalue weighted by Crippen LogP contribution is -2.30. The molecule has 2 aromatic rings. The molecule has 1 aliphatic rings. The van der Waals surface area contributed by atoms with Gasteiger partial charge in [-0.1, -0.05) is 12.1 Å². The van der Waals surface area contributed by atoms with Gasteiger partial charge in [0.1, 0.15) is 5.60 Å². The van der Waals surface area contributed by atoms with Gasteiger partial charge in [-0.15, -0.1) is 0 Å². The van der Waals surface area contributed by atoms with Crippen LogP contribution in [0.15, 0.2) is 36.4 Å². The number of aromatic carboxylic acids is 1. The fourth-order valence-electron chi connectivity index (χ4n) is 3.17. The fraction of sp³-hybridized carbons (Fsp3) is 0.273. The molecule has 0 fully saturated rings. The highest BCUT2D eigenvalue weighted by molar-refractivity contribution is 6.21. The van der Waals surface area contributed by atoms with Crippen LogP contribution in [-0.4, -0.2) is 39.5 Å². The number of carboxylic acid groups (broad SMARTS) is 1.